The number of aromatic nitrogens is 4. The average molecular weight is 525 g/mol. The van der Waals surface area contributed by atoms with Crippen LogP contribution in [-0.4, -0.2) is 52.9 Å². The molecule has 1 aliphatic heterocycles. The number of halogens is 4. The first kappa shape index (κ1) is 25.1. The highest BCUT2D eigenvalue weighted by Crippen LogP contribution is 2.31. The Hall–Kier alpha value is -4.01. The molecule has 3 heterocycles. The summed E-state index contributed by atoms with van der Waals surface area (Å²) in [6, 6.07) is 5.50. The number of allylic oxidation sites excluding steroid dienone is 1. The molecule has 0 bridgehead atoms. The lowest BCUT2D eigenvalue weighted by atomic mass is 10.0. The molecule has 190 valence electrons. The number of amides is 2. The number of rotatable bonds is 6. The number of urea groups is 1. The zero-order chi connectivity index (χ0) is 26.1. The van der Waals surface area contributed by atoms with Crippen LogP contribution >= 0.6 is 0 Å². The molecule has 3 aromatic rings. The number of imidazole rings is 1. The number of benzene rings is 1. The summed E-state index contributed by atoms with van der Waals surface area (Å²) in [7, 11) is -3.74. The summed E-state index contributed by atoms with van der Waals surface area (Å²) >= 11 is 0. The topological polar surface area (TPSA) is 131 Å². The van der Waals surface area contributed by atoms with E-state index in [1.165, 1.54) is 6.07 Å². The van der Waals surface area contributed by atoms with E-state index in [9.17, 15) is 30.8 Å². The third kappa shape index (κ3) is 6.16. The Balaban J connectivity index is 1.52. The van der Waals surface area contributed by atoms with Crippen molar-refractivity contribution >= 4 is 33.8 Å². The van der Waals surface area contributed by atoms with Gasteiger partial charge in [-0.2, -0.15) is 13.2 Å². The maximum absolute atomic E-state index is 13.9. The largest absolute Gasteiger partial charge is 0.405 e. The lowest BCUT2D eigenvalue weighted by Crippen LogP contribution is -2.36. The van der Waals surface area contributed by atoms with E-state index >= 15 is 0 Å². The van der Waals surface area contributed by atoms with E-state index in [4.69, 9.17) is 0 Å². The van der Waals surface area contributed by atoms with Crippen LogP contribution in [0, 0.1) is 5.82 Å². The number of carbonyl (C=O) groups is 1. The molecule has 0 saturated carbocycles. The number of anilines is 2. The zero-order valence-electron chi connectivity index (χ0n) is 18.5. The quantitative estimate of drug-likeness (QED) is 0.423. The molecule has 0 fully saturated rings. The van der Waals surface area contributed by atoms with E-state index in [0.717, 1.165) is 12.5 Å². The van der Waals surface area contributed by atoms with Gasteiger partial charge in [-0.05, 0) is 12.1 Å². The Kier molecular flexibility index (Phi) is 6.67. The van der Waals surface area contributed by atoms with E-state index < -0.39 is 46.3 Å². The molecule has 1 aromatic carbocycles. The predicted molar refractivity (Wildman–Crippen MR) is 123 cm³/mol. The van der Waals surface area contributed by atoms with Gasteiger partial charge in [-0.15, -0.1) is 0 Å². The van der Waals surface area contributed by atoms with Crippen LogP contribution in [0.1, 0.15) is 17.6 Å². The number of fused-ring (bicyclic) bond motifs is 1. The molecule has 0 radical (unpaired) electrons. The van der Waals surface area contributed by atoms with E-state index in [2.05, 4.69) is 20.3 Å². The second-order valence-corrected chi connectivity index (χ2v) is 9.63. The molecule has 1 atom stereocenters. The molecule has 0 spiro atoms. The lowest BCUT2D eigenvalue weighted by molar-refractivity contribution is -0.122. The molecule has 1 unspecified atom stereocenters. The fraction of sp³-hybridized carbons (Fsp3) is 0.238. The van der Waals surface area contributed by atoms with Crippen molar-refractivity contribution in [2.24, 2.45) is 0 Å². The van der Waals surface area contributed by atoms with Gasteiger partial charge < -0.3 is 15.2 Å². The minimum atomic E-state index is -4.52. The average Bonchev–Trinajstić information content (AvgIpc) is 3.21. The number of sulfonamides is 1. The number of hydrogen-bond donors (Lipinski definition) is 3. The van der Waals surface area contributed by atoms with Gasteiger partial charge in [0.2, 0.25) is 10.0 Å². The monoisotopic (exact) mass is 525 g/mol. The van der Waals surface area contributed by atoms with E-state index in [1.807, 2.05) is 4.72 Å². The molecule has 2 amide bonds. The van der Waals surface area contributed by atoms with E-state index in [-0.39, 0.29) is 11.5 Å². The van der Waals surface area contributed by atoms with Gasteiger partial charge in [0, 0.05) is 29.8 Å². The first-order valence-electron chi connectivity index (χ1n) is 10.3. The second-order valence-electron chi connectivity index (χ2n) is 7.88. The highest BCUT2D eigenvalue weighted by Gasteiger charge is 2.28. The van der Waals surface area contributed by atoms with E-state index in [0.29, 0.717) is 23.5 Å². The van der Waals surface area contributed by atoms with Gasteiger partial charge in [-0.25, -0.2) is 32.6 Å². The SMILES string of the molecule is CS(=O)(=O)Nc1nc(C2C=Cn3c(-c4cccc(NC(=O)NCC(F)(F)F)c4)cnc3C2)ncc1F. The Morgan fingerprint density at radius 3 is 2.72 bits per heavy atom. The minimum Gasteiger partial charge on any atom is -0.329 e. The Bertz CT molecular complexity index is 1440. The van der Waals surface area contributed by atoms with Crippen LogP contribution < -0.4 is 15.4 Å². The fourth-order valence-corrected chi connectivity index (χ4v) is 3.98. The highest BCUT2D eigenvalue weighted by molar-refractivity contribution is 7.92. The summed E-state index contributed by atoms with van der Waals surface area (Å²) in [4.78, 5) is 24.1. The number of hydrogen-bond acceptors (Lipinski definition) is 6. The maximum Gasteiger partial charge on any atom is 0.405 e. The molecule has 4 rings (SSSR count). The molecule has 2 aromatic heterocycles. The first-order chi connectivity index (χ1) is 16.9. The summed E-state index contributed by atoms with van der Waals surface area (Å²) in [6.45, 7) is -1.45. The van der Waals surface area contributed by atoms with E-state index in [1.54, 1.807) is 46.6 Å². The summed E-state index contributed by atoms with van der Waals surface area (Å²) in [5.41, 5.74) is 1.58. The minimum absolute atomic E-state index is 0.200. The predicted octanol–water partition coefficient (Wildman–Crippen LogP) is 3.35. The normalized spacial score (nSPS) is 15.3. The van der Waals surface area contributed by atoms with Gasteiger partial charge in [-0.3, -0.25) is 4.72 Å². The maximum atomic E-state index is 13.9. The van der Waals surface area contributed by atoms with Crippen LogP contribution in [0.5, 0.6) is 0 Å². The van der Waals surface area contributed by atoms with Crippen LogP contribution in [0.2, 0.25) is 0 Å². The number of nitrogens with one attached hydrogen (secondary N) is 3. The van der Waals surface area contributed by atoms with Gasteiger partial charge in [-0.1, -0.05) is 18.2 Å². The Morgan fingerprint density at radius 1 is 1.22 bits per heavy atom. The highest BCUT2D eigenvalue weighted by atomic mass is 32.2. The van der Waals surface area contributed by atoms with Crippen LogP contribution in [0.25, 0.3) is 17.5 Å². The molecule has 0 saturated heterocycles. The molecular weight excluding hydrogens is 506 g/mol. The van der Waals surface area contributed by atoms with Crippen LogP contribution in [-0.2, 0) is 16.4 Å². The van der Waals surface area contributed by atoms with Gasteiger partial charge in [0.05, 0.1) is 24.3 Å². The molecule has 1 aliphatic rings. The van der Waals surface area contributed by atoms with Gasteiger partial charge in [0.1, 0.15) is 18.2 Å². The molecule has 15 heteroatoms. The zero-order valence-corrected chi connectivity index (χ0v) is 19.4. The summed E-state index contributed by atoms with van der Waals surface area (Å²) in [5.74, 6) is -0.948. The van der Waals surface area contributed by atoms with Crippen molar-refractivity contribution < 1.29 is 30.8 Å². The van der Waals surface area contributed by atoms with Gasteiger partial charge >= 0.3 is 12.2 Å². The third-order valence-corrected chi connectivity index (χ3v) is 5.55. The number of carbonyl (C=O) groups excluding carboxylic acids is 1. The second kappa shape index (κ2) is 9.56. The number of alkyl halides is 3. The molecule has 3 N–H and O–H groups in total. The van der Waals surface area contributed by atoms with Crippen LogP contribution in [0.3, 0.4) is 0 Å². The lowest BCUT2D eigenvalue weighted by Gasteiger charge is -2.18. The summed E-state index contributed by atoms with van der Waals surface area (Å²) < 4.78 is 77.5. The summed E-state index contributed by atoms with van der Waals surface area (Å²) in [5, 5.41) is 4.10. The molecule has 36 heavy (non-hydrogen) atoms. The van der Waals surface area contributed by atoms with Crippen molar-refractivity contribution in [1.29, 1.82) is 0 Å². The molecule has 10 nitrogen and oxygen atoms in total. The van der Waals surface area contributed by atoms with Crippen molar-refractivity contribution in [2.75, 3.05) is 22.8 Å². The van der Waals surface area contributed by atoms with Crippen LogP contribution in [0.15, 0.2) is 42.7 Å². The molecular formula is C21H19F4N7O3S. The molecule has 0 aliphatic carbocycles. The van der Waals surface area contributed by atoms with Crippen molar-refractivity contribution in [3.05, 3.63) is 60.2 Å². The van der Waals surface area contributed by atoms with Crippen molar-refractivity contribution in [3.63, 3.8) is 0 Å². The van der Waals surface area contributed by atoms with Crippen molar-refractivity contribution in [3.8, 4) is 11.3 Å². The number of nitrogens with zero attached hydrogens (tertiary/aromatic N) is 4. The smallest absolute Gasteiger partial charge is 0.329 e. The van der Waals surface area contributed by atoms with Gasteiger partial charge in [0.25, 0.3) is 0 Å². The van der Waals surface area contributed by atoms with Gasteiger partial charge in [0.15, 0.2) is 11.6 Å². The summed E-state index contributed by atoms with van der Waals surface area (Å²) in [6.07, 6.45) is 2.63. The van der Waals surface area contributed by atoms with Crippen molar-refractivity contribution in [2.45, 2.75) is 18.5 Å². The Morgan fingerprint density at radius 2 is 2.00 bits per heavy atom. The van der Waals surface area contributed by atoms with Crippen molar-refractivity contribution in [1.82, 2.24) is 24.8 Å². The standard InChI is InChI=1S/C21H19F4N7O3S/c1-36(34,35)31-19-15(22)9-27-18(30-19)13-5-6-32-16(10-26-17(32)8-13)12-3-2-4-14(7-12)29-20(33)28-11-21(23,24)25/h2-7,9-10,13H,8,11H2,1H3,(H,27,30,31)(H2,28,29,33). The fourth-order valence-electron chi connectivity index (χ4n) is 3.48. The third-order valence-electron chi connectivity index (χ3n) is 4.99. The first-order valence-corrected chi connectivity index (χ1v) is 12.2. The Labute approximate surface area is 202 Å². The van der Waals surface area contributed by atoms with Crippen LogP contribution in [0.4, 0.5) is 33.9 Å².